The number of esters is 1. The van der Waals surface area contributed by atoms with Crippen LogP contribution in [0.2, 0.25) is 0 Å². The van der Waals surface area contributed by atoms with Gasteiger partial charge in [-0.25, -0.2) is 0 Å². The van der Waals surface area contributed by atoms with E-state index in [1.807, 2.05) is 14.0 Å². The fourth-order valence-electron chi connectivity index (χ4n) is 2.65. The van der Waals surface area contributed by atoms with Crippen molar-refractivity contribution in [3.8, 4) is 0 Å². The van der Waals surface area contributed by atoms with E-state index in [4.69, 9.17) is 4.74 Å². The molecule has 1 aliphatic rings. The minimum Gasteiger partial charge on any atom is -0.465 e. The summed E-state index contributed by atoms with van der Waals surface area (Å²) < 4.78 is 5.07. The molecule has 1 saturated carbocycles. The Bertz CT molecular complexity index is 250. The van der Waals surface area contributed by atoms with Crippen molar-refractivity contribution in [2.24, 2.45) is 5.92 Å². The first kappa shape index (κ1) is 15.4. The number of hydrogen-bond acceptors (Lipinski definition) is 4. The predicted molar refractivity (Wildman–Crippen MR) is 73.5 cm³/mol. The van der Waals surface area contributed by atoms with E-state index >= 15 is 0 Å². The summed E-state index contributed by atoms with van der Waals surface area (Å²) in [6, 6.07) is 0.403. The highest BCUT2D eigenvalue weighted by Crippen LogP contribution is 2.26. The van der Waals surface area contributed by atoms with Crippen molar-refractivity contribution in [2.75, 3.05) is 27.2 Å². The van der Waals surface area contributed by atoms with Crippen molar-refractivity contribution in [1.29, 1.82) is 0 Å². The summed E-state index contributed by atoms with van der Waals surface area (Å²) >= 11 is 0. The van der Waals surface area contributed by atoms with Gasteiger partial charge in [0.1, 0.15) is 6.04 Å². The lowest BCUT2D eigenvalue weighted by molar-refractivity contribution is -0.146. The number of nitrogens with one attached hydrogen (secondary N) is 1. The number of hydrogen-bond donors (Lipinski definition) is 1. The van der Waals surface area contributed by atoms with E-state index in [9.17, 15) is 4.79 Å². The van der Waals surface area contributed by atoms with Crippen molar-refractivity contribution < 1.29 is 9.53 Å². The highest BCUT2D eigenvalue weighted by Gasteiger charge is 2.26. The third-order valence-electron chi connectivity index (χ3n) is 4.00. The Labute approximate surface area is 111 Å². The van der Waals surface area contributed by atoms with Gasteiger partial charge in [0.15, 0.2) is 0 Å². The van der Waals surface area contributed by atoms with Gasteiger partial charge >= 0.3 is 5.97 Å². The fourth-order valence-corrected chi connectivity index (χ4v) is 2.65. The number of carbonyl (C=O) groups is 1. The lowest BCUT2D eigenvalue weighted by atomic mass is 9.86. The van der Waals surface area contributed by atoms with Crippen molar-refractivity contribution in [1.82, 2.24) is 10.2 Å². The van der Waals surface area contributed by atoms with Crippen molar-refractivity contribution in [3.05, 3.63) is 0 Å². The highest BCUT2D eigenvalue weighted by atomic mass is 16.5. The number of carbonyl (C=O) groups excluding carboxylic acids is 1. The topological polar surface area (TPSA) is 41.6 Å². The van der Waals surface area contributed by atoms with Crippen LogP contribution in [-0.4, -0.2) is 50.2 Å². The summed E-state index contributed by atoms with van der Waals surface area (Å²) in [5.74, 6) is 0.718. The second-order valence-corrected chi connectivity index (χ2v) is 5.45. The van der Waals surface area contributed by atoms with Crippen LogP contribution in [-0.2, 0) is 9.53 Å². The van der Waals surface area contributed by atoms with Crippen LogP contribution in [0.3, 0.4) is 0 Å². The van der Waals surface area contributed by atoms with Gasteiger partial charge in [-0.15, -0.1) is 0 Å². The summed E-state index contributed by atoms with van der Waals surface area (Å²) in [6.07, 6.45) is 5.10. The molecular weight excluding hydrogens is 228 g/mol. The average molecular weight is 256 g/mol. The Hall–Kier alpha value is -0.610. The maximum Gasteiger partial charge on any atom is 0.324 e. The van der Waals surface area contributed by atoms with Gasteiger partial charge in [0.05, 0.1) is 6.61 Å². The van der Waals surface area contributed by atoms with Crippen molar-refractivity contribution in [2.45, 2.75) is 51.6 Å². The minimum absolute atomic E-state index is 0.143. The lowest BCUT2D eigenvalue weighted by Gasteiger charge is -2.35. The third-order valence-corrected chi connectivity index (χ3v) is 4.00. The molecule has 0 aliphatic heterocycles. The molecule has 1 atom stereocenters. The second-order valence-electron chi connectivity index (χ2n) is 5.45. The fraction of sp³-hybridized carbons (Fsp3) is 0.929. The Morgan fingerprint density at radius 1 is 1.39 bits per heavy atom. The third kappa shape index (κ3) is 4.58. The van der Waals surface area contributed by atoms with Crippen LogP contribution in [0.5, 0.6) is 0 Å². The maximum atomic E-state index is 11.7. The largest absolute Gasteiger partial charge is 0.465 e. The summed E-state index contributed by atoms with van der Waals surface area (Å²) in [4.78, 5) is 14.0. The summed E-state index contributed by atoms with van der Waals surface area (Å²) in [6.45, 7) is 5.35. The molecule has 0 heterocycles. The molecule has 18 heavy (non-hydrogen) atoms. The molecule has 1 rings (SSSR count). The van der Waals surface area contributed by atoms with Gasteiger partial charge in [0, 0.05) is 12.6 Å². The van der Waals surface area contributed by atoms with Crippen molar-refractivity contribution >= 4 is 5.97 Å². The minimum atomic E-state index is -0.214. The summed E-state index contributed by atoms with van der Waals surface area (Å²) in [5.41, 5.74) is 0. The summed E-state index contributed by atoms with van der Waals surface area (Å²) in [7, 11) is 3.93. The maximum absolute atomic E-state index is 11.7. The van der Waals surface area contributed by atoms with Crippen LogP contribution in [0.15, 0.2) is 0 Å². The molecule has 4 heteroatoms. The van der Waals surface area contributed by atoms with E-state index < -0.39 is 0 Å². The quantitative estimate of drug-likeness (QED) is 0.734. The standard InChI is InChI=1S/C14H28N2O2/c1-5-18-14(17)13(15-3)10-16(4)12-8-6-11(2)7-9-12/h11-13,15H,5-10H2,1-4H3. The Balaban J connectivity index is 2.41. The first-order valence-electron chi connectivity index (χ1n) is 7.12. The second kappa shape index (κ2) is 7.74. The molecule has 1 N–H and O–H groups in total. The molecule has 0 radical (unpaired) electrons. The molecule has 0 spiro atoms. The van der Waals surface area contributed by atoms with E-state index in [0.717, 1.165) is 12.5 Å². The molecule has 106 valence electrons. The van der Waals surface area contributed by atoms with E-state index in [1.54, 1.807) is 0 Å². The molecule has 0 aromatic rings. The molecule has 1 unspecified atom stereocenters. The number of nitrogens with zero attached hydrogens (tertiary/aromatic N) is 1. The molecule has 1 aliphatic carbocycles. The van der Waals surface area contributed by atoms with Crippen LogP contribution in [0.4, 0.5) is 0 Å². The molecular formula is C14H28N2O2. The Morgan fingerprint density at radius 3 is 2.50 bits per heavy atom. The number of rotatable bonds is 6. The molecule has 4 nitrogen and oxygen atoms in total. The molecule has 0 amide bonds. The molecule has 0 aromatic carbocycles. The van der Waals surface area contributed by atoms with Crippen LogP contribution in [0.1, 0.15) is 39.5 Å². The van der Waals surface area contributed by atoms with Gasteiger partial charge in [-0.1, -0.05) is 6.92 Å². The number of likely N-dealkylation sites (N-methyl/N-ethyl adjacent to an activating group) is 2. The van der Waals surface area contributed by atoms with Gasteiger partial charge in [0.25, 0.3) is 0 Å². The highest BCUT2D eigenvalue weighted by molar-refractivity contribution is 5.76. The normalized spacial score (nSPS) is 26.1. The number of ether oxygens (including phenoxy) is 1. The Morgan fingerprint density at radius 2 is 2.00 bits per heavy atom. The predicted octanol–water partition coefficient (Wildman–Crippen LogP) is 1.65. The van der Waals surface area contributed by atoms with Gasteiger partial charge < -0.3 is 15.0 Å². The first-order valence-corrected chi connectivity index (χ1v) is 7.12. The van der Waals surface area contributed by atoms with Gasteiger partial charge in [-0.3, -0.25) is 4.79 Å². The van der Waals surface area contributed by atoms with E-state index in [1.165, 1.54) is 25.7 Å². The molecule has 0 aromatic heterocycles. The average Bonchev–Trinajstić information content (AvgIpc) is 2.36. The van der Waals surface area contributed by atoms with E-state index in [-0.39, 0.29) is 12.0 Å². The summed E-state index contributed by atoms with van der Waals surface area (Å²) in [5, 5.41) is 3.05. The first-order chi connectivity index (χ1) is 8.58. The Kier molecular flexibility index (Phi) is 6.65. The smallest absolute Gasteiger partial charge is 0.324 e. The van der Waals surface area contributed by atoms with E-state index in [2.05, 4.69) is 24.2 Å². The van der Waals surface area contributed by atoms with Gasteiger partial charge in [-0.2, -0.15) is 0 Å². The lowest BCUT2D eigenvalue weighted by Crippen LogP contribution is -2.48. The zero-order valence-corrected chi connectivity index (χ0v) is 12.2. The monoisotopic (exact) mass is 256 g/mol. The molecule has 0 saturated heterocycles. The molecule has 0 bridgehead atoms. The van der Waals surface area contributed by atoms with Crippen LogP contribution < -0.4 is 5.32 Å². The van der Waals surface area contributed by atoms with Gasteiger partial charge in [0.2, 0.25) is 0 Å². The SMILES string of the molecule is CCOC(=O)C(CN(C)C1CCC(C)CC1)NC. The van der Waals surface area contributed by atoms with Crippen LogP contribution in [0.25, 0.3) is 0 Å². The zero-order chi connectivity index (χ0) is 13.5. The van der Waals surface area contributed by atoms with Gasteiger partial charge in [-0.05, 0) is 52.6 Å². The van der Waals surface area contributed by atoms with Crippen molar-refractivity contribution in [3.63, 3.8) is 0 Å². The molecule has 1 fully saturated rings. The zero-order valence-electron chi connectivity index (χ0n) is 12.2. The van der Waals surface area contributed by atoms with Crippen LogP contribution in [0, 0.1) is 5.92 Å². The van der Waals surface area contributed by atoms with Crippen LogP contribution >= 0.6 is 0 Å². The van der Waals surface area contributed by atoms with E-state index in [0.29, 0.717) is 12.6 Å².